The summed E-state index contributed by atoms with van der Waals surface area (Å²) in [5, 5.41) is 0. The fourth-order valence-corrected chi connectivity index (χ4v) is 3.53. The Morgan fingerprint density at radius 1 is 0.750 bits per heavy atom. The van der Waals surface area contributed by atoms with Crippen molar-refractivity contribution in [1.82, 2.24) is 0 Å². The van der Waals surface area contributed by atoms with E-state index in [0.717, 1.165) is 5.56 Å². The van der Waals surface area contributed by atoms with Crippen LogP contribution in [-0.4, -0.2) is 13.3 Å². The second kappa shape index (κ2) is 7.04. The van der Waals surface area contributed by atoms with Crippen molar-refractivity contribution in [2.45, 2.75) is 6.18 Å². The van der Waals surface area contributed by atoms with Crippen LogP contribution in [0.1, 0.15) is 22.3 Å². The van der Waals surface area contributed by atoms with Crippen LogP contribution in [0.15, 0.2) is 84.4 Å². The lowest BCUT2D eigenvalue weighted by molar-refractivity contribution is -0.0859. The Morgan fingerprint density at radius 3 is 2.00 bits per heavy atom. The van der Waals surface area contributed by atoms with Crippen molar-refractivity contribution in [2.75, 3.05) is 7.11 Å². The molecule has 1 nitrogen and oxygen atoms in total. The first kappa shape index (κ1) is 18.1. The number of hydrogen-bond donors (Lipinski definition) is 0. The molecule has 1 aliphatic carbocycles. The minimum Gasteiger partial charge on any atom is -0.497 e. The molecule has 140 valence electrons. The van der Waals surface area contributed by atoms with Gasteiger partial charge in [-0.25, -0.2) is 0 Å². The first-order valence-corrected chi connectivity index (χ1v) is 8.82. The number of fused-ring (bicyclic) bond motifs is 1. The molecule has 0 bridgehead atoms. The summed E-state index contributed by atoms with van der Waals surface area (Å²) in [5.74, 6) is 0.652. The molecule has 0 aliphatic heterocycles. The molecule has 4 heteroatoms. The molecule has 0 amide bonds. The third-order valence-corrected chi connectivity index (χ3v) is 4.80. The molecule has 0 unspecified atom stereocenters. The summed E-state index contributed by atoms with van der Waals surface area (Å²) in [6, 6.07) is 23.3. The Hall–Kier alpha value is -3.27. The van der Waals surface area contributed by atoms with Gasteiger partial charge < -0.3 is 4.74 Å². The Balaban J connectivity index is 2.06. The third kappa shape index (κ3) is 3.22. The number of hydrogen-bond acceptors (Lipinski definition) is 1. The van der Waals surface area contributed by atoms with Crippen molar-refractivity contribution in [2.24, 2.45) is 0 Å². The van der Waals surface area contributed by atoms with Crippen LogP contribution in [0, 0.1) is 0 Å². The molecular weight excluding hydrogens is 361 g/mol. The number of alkyl halides is 3. The van der Waals surface area contributed by atoms with E-state index in [1.165, 1.54) is 6.08 Å². The highest BCUT2D eigenvalue weighted by Crippen LogP contribution is 2.48. The van der Waals surface area contributed by atoms with E-state index in [1.54, 1.807) is 55.6 Å². The Morgan fingerprint density at radius 2 is 1.36 bits per heavy atom. The van der Waals surface area contributed by atoms with Crippen LogP contribution in [0.2, 0.25) is 0 Å². The molecule has 0 saturated heterocycles. The lowest BCUT2D eigenvalue weighted by Crippen LogP contribution is -2.12. The Kier molecular flexibility index (Phi) is 4.55. The average molecular weight is 378 g/mol. The van der Waals surface area contributed by atoms with Crippen LogP contribution < -0.4 is 4.74 Å². The van der Waals surface area contributed by atoms with Gasteiger partial charge in [-0.3, -0.25) is 0 Å². The van der Waals surface area contributed by atoms with Crippen LogP contribution in [0.5, 0.6) is 5.75 Å². The fourth-order valence-electron chi connectivity index (χ4n) is 3.53. The summed E-state index contributed by atoms with van der Waals surface area (Å²) in [6.45, 7) is 0. The number of halogens is 3. The molecule has 4 rings (SSSR count). The quantitative estimate of drug-likeness (QED) is 0.498. The normalized spacial score (nSPS) is 15.1. The molecule has 0 saturated carbocycles. The van der Waals surface area contributed by atoms with Gasteiger partial charge in [0.05, 0.1) is 12.7 Å². The molecule has 3 aromatic rings. The van der Waals surface area contributed by atoms with Crippen LogP contribution in [-0.2, 0) is 0 Å². The van der Waals surface area contributed by atoms with Crippen LogP contribution >= 0.6 is 0 Å². The SMILES string of the molecule is COc1ccc(/C(=C2\C(C(F)(F)F)=Cc3ccccc32)c2ccccc2)cc1. The second-order valence-corrected chi connectivity index (χ2v) is 6.49. The van der Waals surface area contributed by atoms with Gasteiger partial charge in [-0.1, -0.05) is 66.7 Å². The van der Waals surface area contributed by atoms with E-state index in [0.29, 0.717) is 28.0 Å². The smallest absolute Gasteiger partial charge is 0.417 e. The highest BCUT2D eigenvalue weighted by molar-refractivity contribution is 6.10. The van der Waals surface area contributed by atoms with Gasteiger partial charge in [-0.2, -0.15) is 13.2 Å². The molecule has 0 heterocycles. The van der Waals surface area contributed by atoms with Gasteiger partial charge in [0.25, 0.3) is 0 Å². The maximum absolute atomic E-state index is 14.0. The molecule has 28 heavy (non-hydrogen) atoms. The average Bonchev–Trinajstić information content (AvgIpc) is 3.10. The summed E-state index contributed by atoms with van der Waals surface area (Å²) in [5.41, 5.74) is 2.74. The highest BCUT2D eigenvalue weighted by Gasteiger charge is 2.41. The van der Waals surface area contributed by atoms with Gasteiger partial charge >= 0.3 is 6.18 Å². The van der Waals surface area contributed by atoms with Crippen molar-refractivity contribution < 1.29 is 17.9 Å². The minimum absolute atomic E-state index is 0.208. The largest absolute Gasteiger partial charge is 0.497 e. The van der Waals surface area contributed by atoms with Crippen LogP contribution in [0.25, 0.3) is 17.2 Å². The fraction of sp³-hybridized carbons (Fsp3) is 0.0833. The van der Waals surface area contributed by atoms with Gasteiger partial charge in [0, 0.05) is 5.57 Å². The van der Waals surface area contributed by atoms with Crippen molar-refractivity contribution >= 4 is 17.2 Å². The molecule has 3 aromatic carbocycles. The van der Waals surface area contributed by atoms with E-state index < -0.39 is 11.7 Å². The number of allylic oxidation sites excluding steroid dienone is 2. The van der Waals surface area contributed by atoms with Gasteiger partial charge in [0.1, 0.15) is 5.75 Å². The third-order valence-electron chi connectivity index (χ3n) is 4.80. The highest BCUT2D eigenvalue weighted by atomic mass is 19.4. The maximum Gasteiger partial charge on any atom is 0.417 e. The van der Waals surface area contributed by atoms with E-state index in [-0.39, 0.29) is 5.57 Å². The molecule has 1 aliphatic rings. The maximum atomic E-state index is 14.0. The number of methoxy groups -OCH3 is 1. The van der Waals surface area contributed by atoms with E-state index in [1.807, 2.05) is 30.3 Å². The molecule has 0 spiro atoms. The molecular formula is C24H17F3O. The summed E-state index contributed by atoms with van der Waals surface area (Å²) in [7, 11) is 1.56. The standard InChI is InChI=1S/C24H17F3O/c1-28-19-13-11-17(12-14-19)22(16-7-3-2-4-8-16)23-20-10-6-5-9-18(20)15-21(23)24(25,26)27/h2-15H,1H3/b23-22-. The van der Waals surface area contributed by atoms with Gasteiger partial charge in [0.2, 0.25) is 0 Å². The summed E-state index contributed by atoms with van der Waals surface area (Å²) in [6.07, 6.45) is -3.22. The zero-order valence-corrected chi connectivity index (χ0v) is 15.1. The van der Waals surface area contributed by atoms with Gasteiger partial charge in [0.15, 0.2) is 0 Å². The topological polar surface area (TPSA) is 9.23 Å². The van der Waals surface area contributed by atoms with E-state index in [9.17, 15) is 13.2 Å². The number of benzene rings is 3. The predicted molar refractivity (Wildman–Crippen MR) is 106 cm³/mol. The van der Waals surface area contributed by atoms with Crippen molar-refractivity contribution in [3.8, 4) is 5.75 Å². The predicted octanol–water partition coefficient (Wildman–Crippen LogP) is 6.61. The summed E-state index contributed by atoms with van der Waals surface area (Å²) < 4.78 is 47.1. The van der Waals surface area contributed by atoms with Gasteiger partial charge in [-0.15, -0.1) is 0 Å². The van der Waals surface area contributed by atoms with Crippen LogP contribution in [0.4, 0.5) is 13.2 Å². The van der Waals surface area contributed by atoms with Crippen molar-refractivity contribution in [3.63, 3.8) is 0 Å². The van der Waals surface area contributed by atoms with E-state index >= 15 is 0 Å². The first-order valence-electron chi connectivity index (χ1n) is 8.82. The molecule has 0 aromatic heterocycles. The number of rotatable bonds is 3. The van der Waals surface area contributed by atoms with Gasteiger partial charge in [-0.05, 0) is 46.0 Å². The summed E-state index contributed by atoms with van der Waals surface area (Å²) in [4.78, 5) is 0. The number of ether oxygens (including phenoxy) is 1. The lowest BCUT2D eigenvalue weighted by Gasteiger charge is -2.18. The molecule has 0 N–H and O–H groups in total. The van der Waals surface area contributed by atoms with E-state index in [2.05, 4.69) is 0 Å². The van der Waals surface area contributed by atoms with Crippen molar-refractivity contribution in [1.29, 1.82) is 0 Å². The Labute approximate surface area is 161 Å². The molecule has 0 atom stereocenters. The lowest BCUT2D eigenvalue weighted by atomic mass is 9.87. The van der Waals surface area contributed by atoms with Crippen LogP contribution in [0.3, 0.4) is 0 Å². The Bertz CT molecular complexity index is 1060. The first-order chi connectivity index (χ1) is 13.5. The van der Waals surface area contributed by atoms with Crippen molar-refractivity contribution in [3.05, 3.63) is 107 Å². The van der Waals surface area contributed by atoms with E-state index in [4.69, 9.17) is 4.74 Å². The molecule has 0 fully saturated rings. The minimum atomic E-state index is -4.46. The zero-order valence-electron chi connectivity index (χ0n) is 15.1. The second-order valence-electron chi connectivity index (χ2n) is 6.49. The molecule has 0 radical (unpaired) electrons. The zero-order chi connectivity index (χ0) is 19.7. The summed E-state index contributed by atoms with van der Waals surface area (Å²) >= 11 is 0. The monoisotopic (exact) mass is 378 g/mol.